The third-order valence-corrected chi connectivity index (χ3v) is 4.03. The molecule has 0 saturated carbocycles. The molecule has 0 amide bonds. The minimum absolute atomic E-state index is 0.110. The fourth-order valence-corrected chi connectivity index (χ4v) is 2.69. The number of rotatable bonds is 4. The van der Waals surface area contributed by atoms with E-state index in [1.54, 1.807) is 12.3 Å². The fourth-order valence-electron chi connectivity index (χ4n) is 2.40. The van der Waals surface area contributed by atoms with Crippen LogP contribution >= 0.6 is 12.2 Å². The zero-order valence-electron chi connectivity index (χ0n) is 14.1. The van der Waals surface area contributed by atoms with Crippen LogP contribution in [-0.2, 0) is 0 Å². The number of aromatic hydroxyl groups is 1. The predicted molar refractivity (Wildman–Crippen MR) is 107 cm³/mol. The quantitative estimate of drug-likeness (QED) is 0.535. The highest BCUT2D eigenvalue weighted by Crippen LogP contribution is 2.20. The molecule has 130 valence electrons. The molecule has 1 heterocycles. The normalized spacial score (nSPS) is 11.4. The lowest BCUT2D eigenvalue weighted by atomic mass is 10.2. The summed E-state index contributed by atoms with van der Waals surface area (Å²) in [4.78, 5) is 19.0. The van der Waals surface area contributed by atoms with Crippen LogP contribution in [0.1, 0.15) is 11.1 Å². The van der Waals surface area contributed by atoms with Gasteiger partial charge in [-0.1, -0.05) is 35.9 Å². The van der Waals surface area contributed by atoms with E-state index in [-0.39, 0.29) is 16.2 Å². The number of aromatic amines is 1. The van der Waals surface area contributed by atoms with Crippen molar-refractivity contribution in [1.82, 2.24) is 9.55 Å². The average molecular weight is 363 g/mol. The first-order valence-electron chi connectivity index (χ1n) is 7.97. The van der Waals surface area contributed by atoms with Crippen molar-refractivity contribution < 1.29 is 5.11 Å². The topological polar surface area (TPSA) is 70.4 Å². The molecule has 1 aromatic heterocycles. The minimum atomic E-state index is -0.458. The van der Waals surface area contributed by atoms with E-state index >= 15 is 0 Å². The van der Waals surface area contributed by atoms with Crippen LogP contribution in [0.25, 0.3) is 11.8 Å². The van der Waals surface area contributed by atoms with Gasteiger partial charge in [-0.15, -0.1) is 0 Å². The number of nitrogens with zero attached hydrogens (tertiary/aromatic N) is 2. The van der Waals surface area contributed by atoms with Crippen LogP contribution in [0.2, 0.25) is 0 Å². The number of hydrogen-bond donors (Lipinski definition) is 2. The van der Waals surface area contributed by atoms with Crippen LogP contribution in [0.3, 0.4) is 0 Å². The zero-order valence-corrected chi connectivity index (χ0v) is 14.9. The summed E-state index contributed by atoms with van der Waals surface area (Å²) in [5.74, 6) is -0.216. The number of aliphatic imine (C=N–C) groups is 1. The van der Waals surface area contributed by atoms with Crippen molar-refractivity contribution in [1.29, 1.82) is 0 Å². The first kappa shape index (κ1) is 17.6. The Morgan fingerprint density at radius 1 is 1.12 bits per heavy atom. The SMILES string of the molecule is Cc1ccc(-n2c(O)c(C=CC=Nc3ccccc3)c(=O)[nH]c2=S)cc1. The van der Waals surface area contributed by atoms with E-state index in [4.69, 9.17) is 12.2 Å². The fraction of sp³-hybridized carbons (Fsp3) is 0.0500. The number of nitrogens with one attached hydrogen (secondary N) is 1. The summed E-state index contributed by atoms with van der Waals surface area (Å²) in [6, 6.07) is 16.9. The molecule has 0 bridgehead atoms. The number of hydrogen-bond acceptors (Lipinski definition) is 4. The number of aromatic nitrogens is 2. The second-order valence-corrected chi connectivity index (χ2v) is 6.03. The van der Waals surface area contributed by atoms with Gasteiger partial charge in [-0.2, -0.15) is 0 Å². The number of aryl methyl sites for hydroxylation is 1. The van der Waals surface area contributed by atoms with Gasteiger partial charge in [-0.05, 0) is 55.6 Å². The second kappa shape index (κ2) is 7.76. The Balaban J connectivity index is 1.97. The first-order chi connectivity index (χ1) is 12.6. The molecule has 2 N–H and O–H groups in total. The molecule has 0 atom stereocenters. The van der Waals surface area contributed by atoms with Crippen LogP contribution in [0.4, 0.5) is 5.69 Å². The maximum atomic E-state index is 12.2. The van der Waals surface area contributed by atoms with E-state index in [9.17, 15) is 9.90 Å². The standard InChI is InChI=1S/C20H17N3O2S/c1-14-9-11-16(12-10-14)23-19(25)17(18(24)22-20(23)26)8-5-13-21-15-6-3-2-4-7-15/h2-13,25H,1H3,(H,22,24,26). The number of allylic oxidation sites excluding steroid dienone is 1. The summed E-state index contributed by atoms with van der Waals surface area (Å²) in [6.45, 7) is 1.97. The summed E-state index contributed by atoms with van der Waals surface area (Å²) >= 11 is 5.20. The summed E-state index contributed by atoms with van der Waals surface area (Å²) in [5, 5.41) is 10.6. The largest absolute Gasteiger partial charge is 0.494 e. The highest BCUT2D eigenvalue weighted by Gasteiger charge is 2.11. The van der Waals surface area contributed by atoms with Gasteiger partial charge in [0.2, 0.25) is 5.88 Å². The average Bonchev–Trinajstić information content (AvgIpc) is 2.63. The van der Waals surface area contributed by atoms with Crippen molar-refractivity contribution >= 4 is 30.2 Å². The molecule has 3 aromatic rings. The van der Waals surface area contributed by atoms with Gasteiger partial charge in [0.15, 0.2) is 4.77 Å². The molecular weight excluding hydrogens is 346 g/mol. The van der Waals surface area contributed by atoms with Crippen LogP contribution in [0, 0.1) is 11.7 Å². The Bertz CT molecular complexity index is 1080. The van der Waals surface area contributed by atoms with E-state index in [1.165, 1.54) is 10.6 Å². The van der Waals surface area contributed by atoms with E-state index in [1.807, 2.05) is 61.5 Å². The van der Waals surface area contributed by atoms with Gasteiger partial charge in [-0.3, -0.25) is 19.3 Å². The van der Waals surface area contributed by atoms with E-state index in [0.717, 1.165) is 11.3 Å². The molecular formula is C20H17N3O2S. The molecule has 6 heteroatoms. The molecule has 0 aliphatic rings. The summed E-state index contributed by atoms with van der Waals surface area (Å²) in [6.07, 6.45) is 4.66. The van der Waals surface area contributed by atoms with Crippen molar-refractivity contribution in [3.8, 4) is 11.6 Å². The highest BCUT2D eigenvalue weighted by molar-refractivity contribution is 7.71. The van der Waals surface area contributed by atoms with E-state index in [2.05, 4.69) is 9.98 Å². The van der Waals surface area contributed by atoms with Crippen LogP contribution < -0.4 is 5.56 Å². The lowest BCUT2D eigenvalue weighted by molar-refractivity contribution is 0.432. The summed E-state index contributed by atoms with van der Waals surface area (Å²) in [5.41, 5.74) is 2.20. The molecule has 0 unspecified atom stereocenters. The Morgan fingerprint density at radius 2 is 1.81 bits per heavy atom. The lowest BCUT2D eigenvalue weighted by Crippen LogP contribution is -2.15. The molecule has 0 saturated heterocycles. The van der Waals surface area contributed by atoms with Crippen LogP contribution in [-0.4, -0.2) is 20.9 Å². The van der Waals surface area contributed by atoms with E-state index < -0.39 is 5.56 Å². The molecule has 5 nitrogen and oxygen atoms in total. The summed E-state index contributed by atoms with van der Waals surface area (Å²) in [7, 11) is 0. The second-order valence-electron chi connectivity index (χ2n) is 5.64. The third kappa shape index (κ3) is 3.87. The van der Waals surface area contributed by atoms with Crippen molar-refractivity contribution in [2.24, 2.45) is 4.99 Å². The molecule has 0 radical (unpaired) electrons. The van der Waals surface area contributed by atoms with Crippen molar-refractivity contribution in [3.05, 3.63) is 86.9 Å². The predicted octanol–water partition coefficient (Wildman–Crippen LogP) is 4.32. The van der Waals surface area contributed by atoms with Gasteiger partial charge >= 0.3 is 0 Å². The third-order valence-electron chi connectivity index (χ3n) is 3.74. The van der Waals surface area contributed by atoms with Gasteiger partial charge in [0.05, 0.1) is 11.4 Å². The Morgan fingerprint density at radius 3 is 2.50 bits per heavy atom. The highest BCUT2D eigenvalue weighted by atomic mass is 32.1. The molecule has 2 aromatic carbocycles. The van der Waals surface area contributed by atoms with Crippen molar-refractivity contribution in [2.75, 3.05) is 0 Å². The van der Waals surface area contributed by atoms with Crippen LogP contribution in [0.15, 0.2) is 70.5 Å². The first-order valence-corrected chi connectivity index (χ1v) is 8.38. The van der Waals surface area contributed by atoms with Crippen molar-refractivity contribution in [3.63, 3.8) is 0 Å². The van der Waals surface area contributed by atoms with Gasteiger partial charge in [0, 0.05) is 6.21 Å². The molecule has 0 fully saturated rings. The number of benzene rings is 2. The molecule has 26 heavy (non-hydrogen) atoms. The van der Waals surface area contributed by atoms with E-state index in [0.29, 0.717) is 5.69 Å². The number of H-pyrrole nitrogens is 1. The molecule has 0 aliphatic carbocycles. The Hall–Kier alpha value is -3.25. The summed E-state index contributed by atoms with van der Waals surface area (Å²) < 4.78 is 1.55. The Labute approximate surface area is 155 Å². The number of para-hydroxylation sites is 1. The lowest BCUT2D eigenvalue weighted by Gasteiger charge is -2.11. The van der Waals surface area contributed by atoms with Crippen LogP contribution in [0.5, 0.6) is 5.88 Å². The van der Waals surface area contributed by atoms with Gasteiger partial charge in [0.1, 0.15) is 5.56 Å². The maximum absolute atomic E-state index is 12.2. The smallest absolute Gasteiger partial charge is 0.262 e. The maximum Gasteiger partial charge on any atom is 0.262 e. The molecule has 3 rings (SSSR count). The minimum Gasteiger partial charge on any atom is -0.494 e. The van der Waals surface area contributed by atoms with Crippen molar-refractivity contribution in [2.45, 2.75) is 6.92 Å². The van der Waals surface area contributed by atoms with Gasteiger partial charge in [0.25, 0.3) is 5.56 Å². The zero-order chi connectivity index (χ0) is 18.5. The van der Waals surface area contributed by atoms with Gasteiger partial charge < -0.3 is 5.11 Å². The molecule has 0 spiro atoms. The Kier molecular flexibility index (Phi) is 5.24. The monoisotopic (exact) mass is 363 g/mol. The van der Waals surface area contributed by atoms with Gasteiger partial charge in [-0.25, -0.2) is 0 Å². The molecule has 0 aliphatic heterocycles.